The fourth-order valence-electron chi connectivity index (χ4n) is 3.63. The number of hydrogen-bond donors (Lipinski definition) is 2. The maximum Gasteiger partial charge on any atom is 0.245 e. The highest BCUT2D eigenvalue weighted by atomic mass is 32.2. The SMILES string of the molecule is Cc1cccc(N)c1S(=O)(=O)N1C2CCC1CC(O)C2. The van der Waals surface area contributed by atoms with Gasteiger partial charge in [-0.3, -0.25) is 0 Å². The van der Waals surface area contributed by atoms with Gasteiger partial charge in [0.25, 0.3) is 0 Å². The molecule has 2 unspecified atom stereocenters. The number of sulfonamides is 1. The Balaban J connectivity index is 2.06. The molecule has 2 fully saturated rings. The molecule has 110 valence electrons. The van der Waals surface area contributed by atoms with E-state index in [0.29, 0.717) is 24.1 Å². The van der Waals surface area contributed by atoms with Gasteiger partial charge in [0.05, 0.1) is 11.8 Å². The minimum Gasteiger partial charge on any atom is -0.398 e. The van der Waals surface area contributed by atoms with Crippen molar-refractivity contribution in [2.45, 2.75) is 55.7 Å². The first-order chi connectivity index (χ1) is 9.41. The van der Waals surface area contributed by atoms with Crippen LogP contribution in [0.25, 0.3) is 0 Å². The molecule has 1 aromatic carbocycles. The smallest absolute Gasteiger partial charge is 0.245 e. The van der Waals surface area contributed by atoms with Crippen LogP contribution in [-0.2, 0) is 10.0 Å². The van der Waals surface area contributed by atoms with Crippen molar-refractivity contribution in [2.24, 2.45) is 0 Å². The van der Waals surface area contributed by atoms with E-state index in [1.54, 1.807) is 29.4 Å². The molecule has 5 nitrogen and oxygen atoms in total. The second kappa shape index (κ2) is 4.72. The second-order valence-corrected chi connectivity index (χ2v) is 7.62. The maximum absolute atomic E-state index is 13.0. The number of anilines is 1. The van der Waals surface area contributed by atoms with Gasteiger partial charge in [0.1, 0.15) is 4.90 Å². The van der Waals surface area contributed by atoms with E-state index in [0.717, 1.165) is 12.8 Å². The van der Waals surface area contributed by atoms with Crippen LogP contribution in [-0.4, -0.2) is 36.0 Å². The van der Waals surface area contributed by atoms with Crippen molar-refractivity contribution in [3.63, 3.8) is 0 Å². The molecule has 6 heteroatoms. The number of piperidine rings is 1. The molecule has 2 aliphatic rings. The summed E-state index contributed by atoms with van der Waals surface area (Å²) in [6, 6.07) is 4.98. The third-order valence-electron chi connectivity index (χ3n) is 4.42. The van der Waals surface area contributed by atoms with Gasteiger partial charge in [0.15, 0.2) is 0 Å². The first kappa shape index (κ1) is 13.9. The standard InChI is InChI=1S/C14H20N2O3S/c1-9-3-2-4-13(15)14(9)20(18,19)16-10-5-6-11(16)8-12(17)7-10/h2-4,10-12,17H,5-8,15H2,1H3. The molecule has 3 rings (SSSR count). The van der Waals surface area contributed by atoms with Crippen LogP contribution in [0.5, 0.6) is 0 Å². The van der Waals surface area contributed by atoms with Crippen LogP contribution in [0.15, 0.2) is 23.1 Å². The van der Waals surface area contributed by atoms with E-state index in [2.05, 4.69) is 0 Å². The molecular weight excluding hydrogens is 276 g/mol. The molecule has 0 aromatic heterocycles. The highest BCUT2D eigenvalue weighted by molar-refractivity contribution is 7.89. The average Bonchev–Trinajstić information content (AvgIpc) is 2.62. The molecule has 2 aliphatic heterocycles. The van der Waals surface area contributed by atoms with E-state index in [1.165, 1.54) is 0 Å². The summed E-state index contributed by atoms with van der Waals surface area (Å²) in [4.78, 5) is 0.230. The molecule has 20 heavy (non-hydrogen) atoms. The summed E-state index contributed by atoms with van der Waals surface area (Å²) in [7, 11) is -3.59. The van der Waals surface area contributed by atoms with Gasteiger partial charge in [-0.15, -0.1) is 0 Å². The van der Waals surface area contributed by atoms with Crippen molar-refractivity contribution < 1.29 is 13.5 Å². The Labute approximate surface area is 119 Å². The molecule has 2 saturated heterocycles. The van der Waals surface area contributed by atoms with E-state index >= 15 is 0 Å². The first-order valence-electron chi connectivity index (χ1n) is 6.98. The predicted molar refractivity (Wildman–Crippen MR) is 76.7 cm³/mol. The van der Waals surface area contributed by atoms with Gasteiger partial charge in [-0.25, -0.2) is 8.42 Å². The van der Waals surface area contributed by atoms with Crippen molar-refractivity contribution in [1.82, 2.24) is 4.31 Å². The second-order valence-electron chi connectivity index (χ2n) is 5.84. The Morgan fingerprint density at radius 1 is 1.25 bits per heavy atom. The number of aliphatic hydroxyl groups is 1. The first-order valence-corrected chi connectivity index (χ1v) is 8.42. The number of aryl methyl sites for hydroxylation is 1. The lowest BCUT2D eigenvalue weighted by atomic mass is 10.0. The summed E-state index contributed by atoms with van der Waals surface area (Å²) in [6.07, 6.45) is 2.33. The van der Waals surface area contributed by atoms with E-state index in [9.17, 15) is 13.5 Å². The number of hydrogen-bond acceptors (Lipinski definition) is 4. The Morgan fingerprint density at radius 3 is 2.40 bits per heavy atom. The van der Waals surface area contributed by atoms with Crippen LogP contribution in [0.4, 0.5) is 5.69 Å². The zero-order valence-electron chi connectivity index (χ0n) is 11.5. The third kappa shape index (κ3) is 2.03. The molecule has 0 aliphatic carbocycles. The Hall–Kier alpha value is -1.11. The van der Waals surface area contributed by atoms with Crippen molar-refractivity contribution in [1.29, 1.82) is 0 Å². The van der Waals surface area contributed by atoms with E-state index < -0.39 is 10.0 Å². The van der Waals surface area contributed by atoms with Gasteiger partial charge in [0, 0.05) is 12.1 Å². The van der Waals surface area contributed by atoms with Crippen LogP contribution in [0, 0.1) is 6.92 Å². The Bertz CT molecular complexity index is 595. The van der Waals surface area contributed by atoms with Gasteiger partial charge in [-0.05, 0) is 44.2 Å². The fraction of sp³-hybridized carbons (Fsp3) is 0.571. The lowest BCUT2D eigenvalue weighted by Gasteiger charge is -2.36. The van der Waals surface area contributed by atoms with Gasteiger partial charge < -0.3 is 10.8 Å². The molecule has 0 amide bonds. The molecule has 0 spiro atoms. The largest absolute Gasteiger partial charge is 0.398 e. The molecule has 1 aromatic rings. The minimum absolute atomic E-state index is 0.0900. The number of benzene rings is 1. The van der Waals surface area contributed by atoms with E-state index in [4.69, 9.17) is 5.73 Å². The lowest BCUT2D eigenvalue weighted by Crippen LogP contribution is -2.48. The summed E-state index contributed by atoms with van der Waals surface area (Å²) in [5.74, 6) is 0. The van der Waals surface area contributed by atoms with Crippen LogP contribution < -0.4 is 5.73 Å². The van der Waals surface area contributed by atoms with Crippen molar-refractivity contribution in [3.8, 4) is 0 Å². The highest BCUT2D eigenvalue weighted by Gasteiger charge is 2.47. The minimum atomic E-state index is -3.59. The number of nitrogens with two attached hydrogens (primary N) is 1. The summed E-state index contributed by atoms with van der Waals surface area (Å²) < 4.78 is 27.5. The molecule has 0 saturated carbocycles. The van der Waals surface area contributed by atoms with Crippen LogP contribution in [0.3, 0.4) is 0 Å². The quantitative estimate of drug-likeness (QED) is 0.805. The summed E-state index contributed by atoms with van der Waals surface area (Å²) in [5.41, 5.74) is 6.88. The molecule has 3 N–H and O–H groups in total. The molecule has 2 heterocycles. The van der Waals surface area contributed by atoms with Crippen molar-refractivity contribution in [3.05, 3.63) is 23.8 Å². The van der Waals surface area contributed by atoms with Crippen LogP contribution >= 0.6 is 0 Å². The average molecular weight is 296 g/mol. The fourth-order valence-corrected chi connectivity index (χ4v) is 5.85. The van der Waals surface area contributed by atoms with Crippen molar-refractivity contribution in [2.75, 3.05) is 5.73 Å². The normalized spacial score (nSPS) is 30.6. The van der Waals surface area contributed by atoms with E-state index in [-0.39, 0.29) is 23.1 Å². The van der Waals surface area contributed by atoms with Crippen LogP contribution in [0.2, 0.25) is 0 Å². The number of rotatable bonds is 2. The zero-order chi connectivity index (χ0) is 14.5. The number of aliphatic hydroxyl groups excluding tert-OH is 1. The molecule has 2 bridgehead atoms. The summed E-state index contributed by atoms with van der Waals surface area (Å²) in [6.45, 7) is 1.77. The number of fused-ring (bicyclic) bond motifs is 2. The Kier molecular flexibility index (Phi) is 3.27. The number of nitrogens with zero attached hydrogens (tertiary/aromatic N) is 1. The lowest BCUT2D eigenvalue weighted by molar-refractivity contribution is 0.0769. The third-order valence-corrected chi connectivity index (χ3v) is 6.64. The predicted octanol–water partition coefficient (Wildman–Crippen LogP) is 1.25. The molecule has 0 radical (unpaired) electrons. The van der Waals surface area contributed by atoms with E-state index in [1.807, 2.05) is 0 Å². The maximum atomic E-state index is 13.0. The van der Waals surface area contributed by atoms with Gasteiger partial charge in [-0.1, -0.05) is 12.1 Å². The summed E-state index contributed by atoms with van der Waals surface area (Å²) >= 11 is 0. The van der Waals surface area contributed by atoms with Gasteiger partial charge >= 0.3 is 0 Å². The number of nitrogen functional groups attached to an aromatic ring is 1. The molecular formula is C14H20N2O3S. The summed E-state index contributed by atoms with van der Waals surface area (Å²) in [5, 5.41) is 9.81. The van der Waals surface area contributed by atoms with Crippen LogP contribution in [0.1, 0.15) is 31.2 Å². The van der Waals surface area contributed by atoms with Crippen molar-refractivity contribution >= 4 is 15.7 Å². The Morgan fingerprint density at radius 2 is 1.85 bits per heavy atom. The zero-order valence-corrected chi connectivity index (χ0v) is 12.3. The topological polar surface area (TPSA) is 83.6 Å². The monoisotopic (exact) mass is 296 g/mol. The molecule has 2 atom stereocenters. The highest BCUT2D eigenvalue weighted by Crippen LogP contribution is 2.41. The van der Waals surface area contributed by atoms with Gasteiger partial charge in [-0.2, -0.15) is 4.31 Å². The van der Waals surface area contributed by atoms with Gasteiger partial charge in [0.2, 0.25) is 10.0 Å².